The smallest absolute Gasteiger partial charge is 0.251 e. The largest absolute Gasteiger partial charge is 0.497 e. The number of ether oxygens (including phenoxy) is 1. The molecule has 0 spiro atoms. The lowest BCUT2D eigenvalue weighted by Crippen LogP contribution is -2.23. The normalized spacial score (nSPS) is 10.9. The molecule has 0 fully saturated rings. The van der Waals surface area contributed by atoms with Gasteiger partial charge in [0.25, 0.3) is 5.91 Å². The van der Waals surface area contributed by atoms with Crippen LogP contribution in [0.15, 0.2) is 96.5 Å². The highest BCUT2D eigenvalue weighted by Crippen LogP contribution is 2.28. The molecule has 3 aromatic heterocycles. The lowest BCUT2D eigenvalue weighted by molar-refractivity contribution is 0.0950. The summed E-state index contributed by atoms with van der Waals surface area (Å²) in [6.07, 6.45) is 5.34. The maximum Gasteiger partial charge on any atom is 0.251 e. The van der Waals surface area contributed by atoms with E-state index < -0.39 is 0 Å². The zero-order chi connectivity index (χ0) is 24.7. The summed E-state index contributed by atoms with van der Waals surface area (Å²) in [4.78, 5) is 25.9. The van der Waals surface area contributed by atoms with E-state index in [9.17, 15) is 4.79 Å². The zero-order valence-electron chi connectivity index (χ0n) is 19.8. The fourth-order valence-electron chi connectivity index (χ4n) is 3.80. The van der Waals surface area contributed by atoms with Crippen LogP contribution in [0.5, 0.6) is 5.75 Å². The first-order valence-electron chi connectivity index (χ1n) is 11.5. The van der Waals surface area contributed by atoms with Gasteiger partial charge in [-0.15, -0.1) is 0 Å². The van der Waals surface area contributed by atoms with Gasteiger partial charge in [0.1, 0.15) is 5.75 Å². The van der Waals surface area contributed by atoms with Gasteiger partial charge in [-0.3, -0.25) is 14.8 Å². The number of benzene rings is 2. The Morgan fingerprint density at radius 3 is 2.53 bits per heavy atom. The van der Waals surface area contributed by atoms with E-state index >= 15 is 0 Å². The molecule has 2 aromatic carbocycles. The molecule has 180 valence electrons. The van der Waals surface area contributed by atoms with Crippen molar-refractivity contribution >= 4 is 28.7 Å². The van der Waals surface area contributed by atoms with Crippen molar-refractivity contribution in [1.29, 1.82) is 0 Å². The van der Waals surface area contributed by atoms with Gasteiger partial charge in [0.2, 0.25) is 0 Å². The summed E-state index contributed by atoms with van der Waals surface area (Å²) in [5.74, 6) is 1.45. The van der Waals surface area contributed by atoms with Gasteiger partial charge in [-0.05, 0) is 53.6 Å². The predicted octanol–water partition coefficient (Wildman–Crippen LogP) is 5.11. The average molecular weight is 496 g/mol. The number of nitrogens with one attached hydrogen (secondary N) is 1. The number of hydrogen-bond donors (Lipinski definition) is 1. The van der Waals surface area contributed by atoms with Crippen LogP contribution < -0.4 is 10.1 Å². The van der Waals surface area contributed by atoms with E-state index in [1.165, 1.54) is 0 Å². The zero-order valence-corrected chi connectivity index (χ0v) is 20.6. The van der Waals surface area contributed by atoms with Crippen LogP contribution in [0, 0.1) is 0 Å². The lowest BCUT2D eigenvalue weighted by atomic mass is 10.1. The Bertz CT molecular complexity index is 1450. The molecule has 0 aliphatic heterocycles. The Balaban J connectivity index is 1.26. The predicted molar refractivity (Wildman–Crippen MR) is 141 cm³/mol. The van der Waals surface area contributed by atoms with E-state index in [4.69, 9.17) is 9.72 Å². The third-order valence-corrected chi connectivity index (χ3v) is 6.80. The van der Waals surface area contributed by atoms with Crippen molar-refractivity contribution in [2.75, 3.05) is 7.11 Å². The first-order valence-corrected chi connectivity index (χ1v) is 12.5. The van der Waals surface area contributed by atoms with Gasteiger partial charge in [-0.2, -0.15) is 0 Å². The Hall–Kier alpha value is -4.17. The molecule has 0 radical (unpaired) electrons. The number of nitrogens with zero attached hydrogens (tertiary/aromatic N) is 4. The molecule has 0 unspecified atom stereocenters. The molecule has 5 aromatic rings. The summed E-state index contributed by atoms with van der Waals surface area (Å²) < 4.78 is 7.47. The van der Waals surface area contributed by atoms with Gasteiger partial charge in [-0.25, -0.2) is 4.98 Å². The second-order valence-electron chi connectivity index (χ2n) is 8.18. The van der Waals surface area contributed by atoms with Crippen LogP contribution in [-0.4, -0.2) is 32.5 Å². The highest BCUT2D eigenvalue weighted by Gasteiger charge is 2.13. The lowest BCUT2D eigenvalue weighted by Gasteiger charge is -2.10. The summed E-state index contributed by atoms with van der Waals surface area (Å²) in [5.41, 5.74) is 5.63. The molecule has 0 bridgehead atoms. The summed E-state index contributed by atoms with van der Waals surface area (Å²) in [5, 5.41) is 3.83. The molecule has 7 nitrogen and oxygen atoms in total. The third-order valence-electron chi connectivity index (χ3n) is 5.76. The summed E-state index contributed by atoms with van der Waals surface area (Å²) >= 11 is 1.67. The van der Waals surface area contributed by atoms with Crippen LogP contribution in [-0.2, 0) is 18.8 Å². The van der Waals surface area contributed by atoms with E-state index in [2.05, 4.69) is 32.0 Å². The molecule has 0 saturated heterocycles. The Kier molecular flexibility index (Phi) is 7.23. The Labute approximate surface area is 213 Å². The summed E-state index contributed by atoms with van der Waals surface area (Å²) in [6, 6.07) is 23.3. The maximum atomic E-state index is 12.5. The monoisotopic (exact) mass is 495 g/mol. The number of pyridine rings is 2. The van der Waals surface area contributed by atoms with Crippen molar-refractivity contribution in [3.05, 3.63) is 114 Å². The molecular weight excluding hydrogens is 470 g/mol. The number of rotatable bonds is 9. The molecule has 0 atom stereocenters. The van der Waals surface area contributed by atoms with Crippen molar-refractivity contribution < 1.29 is 9.53 Å². The van der Waals surface area contributed by atoms with Crippen LogP contribution in [0.25, 0.3) is 11.0 Å². The topological polar surface area (TPSA) is 81.9 Å². The summed E-state index contributed by atoms with van der Waals surface area (Å²) in [7, 11) is 1.67. The molecule has 36 heavy (non-hydrogen) atoms. The van der Waals surface area contributed by atoms with Crippen LogP contribution in [0.1, 0.15) is 27.2 Å². The maximum absolute atomic E-state index is 12.5. The van der Waals surface area contributed by atoms with E-state index in [0.29, 0.717) is 18.7 Å². The number of fused-ring (bicyclic) bond motifs is 1. The van der Waals surface area contributed by atoms with Gasteiger partial charge < -0.3 is 14.6 Å². The highest BCUT2D eigenvalue weighted by atomic mass is 32.2. The fourth-order valence-corrected chi connectivity index (χ4v) is 4.77. The molecule has 0 aliphatic rings. The van der Waals surface area contributed by atoms with Gasteiger partial charge in [-0.1, -0.05) is 42.1 Å². The van der Waals surface area contributed by atoms with Crippen molar-refractivity contribution in [3.63, 3.8) is 0 Å². The number of methoxy groups -OCH3 is 1. The molecule has 0 saturated carbocycles. The third kappa shape index (κ3) is 5.55. The molecule has 1 amide bonds. The van der Waals surface area contributed by atoms with Crippen molar-refractivity contribution in [2.45, 2.75) is 24.0 Å². The van der Waals surface area contributed by atoms with Crippen molar-refractivity contribution in [3.8, 4) is 5.75 Å². The quantitative estimate of drug-likeness (QED) is 0.286. The SMILES string of the molecule is COc1ccc(Cn2c(SCc3ccc(C(=O)NCc4ccccn4)cc3)nc3ccncc32)cc1. The molecule has 5 rings (SSSR count). The summed E-state index contributed by atoms with van der Waals surface area (Å²) in [6.45, 7) is 1.08. The van der Waals surface area contributed by atoms with E-state index in [1.54, 1.807) is 31.3 Å². The number of aromatic nitrogens is 4. The number of carbonyl (C=O) groups excluding carboxylic acids is 1. The number of hydrogen-bond acceptors (Lipinski definition) is 6. The first kappa shape index (κ1) is 23.6. The Morgan fingerprint density at radius 1 is 0.972 bits per heavy atom. The van der Waals surface area contributed by atoms with Crippen molar-refractivity contribution in [2.24, 2.45) is 0 Å². The molecule has 8 heteroatoms. The molecule has 3 heterocycles. The molecular formula is C28H25N5O2S. The van der Waals surface area contributed by atoms with Gasteiger partial charge >= 0.3 is 0 Å². The second kappa shape index (κ2) is 11.0. The number of imidazole rings is 1. The average Bonchev–Trinajstić information content (AvgIpc) is 3.29. The number of thioether (sulfide) groups is 1. The van der Waals surface area contributed by atoms with E-state index in [0.717, 1.165) is 44.5 Å². The van der Waals surface area contributed by atoms with Gasteiger partial charge in [0.15, 0.2) is 5.16 Å². The van der Waals surface area contributed by atoms with Crippen LogP contribution in [0.2, 0.25) is 0 Å². The number of amides is 1. The number of carbonyl (C=O) groups is 1. The van der Waals surface area contributed by atoms with Crippen LogP contribution in [0.3, 0.4) is 0 Å². The second-order valence-corrected chi connectivity index (χ2v) is 9.12. The van der Waals surface area contributed by atoms with E-state index in [1.807, 2.05) is 66.9 Å². The molecule has 1 N–H and O–H groups in total. The first-order chi connectivity index (χ1) is 17.7. The minimum absolute atomic E-state index is 0.117. The Morgan fingerprint density at radius 2 is 1.78 bits per heavy atom. The van der Waals surface area contributed by atoms with E-state index in [-0.39, 0.29) is 5.91 Å². The van der Waals surface area contributed by atoms with Crippen molar-refractivity contribution in [1.82, 2.24) is 24.8 Å². The fraction of sp³-hybridized carbons (Fsp3) is 0.143. The minimum Gasteiger partial charge on any atom is -0.497 e. The minimum atomic E-state index is -0.117. The standard InChI is InChI=1S/C28H25N5O2S/c1-35-24-11-7-20(8-12-24)18-33-26-17-29-15-13-25(26)32-28(33)36-19-21-5-9-22(10-6-21)27(34)31-16-23-4-2-3-14-30-23/h2-15,17H,16,18-19H2,1H3,(H,31,34). The van der Waals surface area contributed by atoms with Crippen LogP contribution in [0.4, 0.5) is 0 Å². The van der Waals surface area contributed by atoms with Gasteiger partial charge in [0.05, 0.1) is 43.1 Å². The van der Waals surface area contributed by atoms with Crippen LogP contribution >= 0.6 is 11.8 Å². The highest BCUT2D eigenvalue weighted by molar-refractivity contribution is 7.98. The van der Waals surface area contributed by atoms with Gasteiger partial charge in [0, 0.05) is 23.7 Å². The molecule has 0 aliphatic carbocycles.